The smallest absolute Gasteiger partial charge is 0.309 e. The number of quaternary nitrogens is 1. The first kappa shape index (κ1) is 23.1. The monoisotopic (exact) mass is 358 g/mol. The predicted octanol–water partition coefficient (Wildman–Crippen LogP) is -0.727. The molecule has 0 saturated carbocycles. The number of aliphatic hydroxyl groups is 1. The molecule has 0 aliphatic heterocycles. The highest BCUT2D eigenvalue weighted by molar-refractivity contribution is 5.75. The van der Waals surface area contributed by atoms with Gasteiger partial charge in [0.05, 0.1) is 39.2 Å². The summed E-state index contributed by atoms with van der Waals surface area (Å²) in [6.07, 6.45) is 5.54. The van der Waals surface area contributed by atoms with Gasteiger partial charge in [-0.2, -0.15) is 0 Å². The lowest BCUT2D eigenvalue weighted by molar-refractivity contribution is -0.926. The average Bonchev–Trinajstić information content (AvgIpc) is 2.55. The number of carbonyl (C=O) groups is 3. The Balaban J connectivity index is 4.59. The van der Waals surface area contributed by atoms with Gasteiger partial charge < -0.3 is 29.9 Å². The van der Waals surface area contributed by atoms with Crippen LogP contribution in [0.4, 0.5) is 0 Å². The summed E-state index contributed by atoms with van der Waals surface area (Å²) in [7, 11) is 0. The number of carboxylic acids is 2. The van der Waals surface area contributed by atoms with Crippen molar-refractivity contribution in [3.63, 3.8) is 0 Å². The minimum Gasteiger partial charge on any atom is -0.550 e. The molecule has 0 heterocycles. The minimum absolute atomic E-state index is 0.0928. The molecule has 0 aromatic heterocycles. The van der Waals surface area contributed by atoms with E-state index in [1.165, 1.54) is 0 Å². The Morgan fingerprint density at radius 1 is 1.08 bits per heavy atom. The van der Waals surface area contributed by atoms with E-state index in [1.54, 1.807) is 0 Å². The Kier molecular flexibility index (Phi) is 12.3. The zero-order valence-corrected chi connectivity index (χ0v) is 14.9. The number of carbonyl (C=O) groups excluding carboxylic acids is 2. The molecule has 0 bridgehead atoms. The number of nitrogens with zero attached hydrogens (tertiary/aromatic N) is 1. The van der Waals surface area contributed by atoms with Gasteiger partial charge in [0.1, 0.15) is 6.54 Å². The number of unbranched alkanes of at least 4 members (excludes halogenated alkanes) is 1. The van der Waals surface area contributed by atoms with Crippen LogP contribution in [0.15, 0.2) is 12.2 Å². The van der Waals surface area contributed by atoms with Crippen molar-refractivity contribution < 1.29 is 34.2 Å². The molecule has 1 unspecified atom stereocenters. The summed E-state index contributed by atoms with van der Waals surface area (Å²) in [6, 6.07) is 0. The van der Waals surface area contributed by atoms with Crippen LogP contribution < -0.4 is 10.4 Å². The zero-order valence-electron chi connectivity index (χ0n) is 14.9. The van der Waals surface area contributed by atoms with Gasteiger partial charge in [-0.25, -0.2) is 0 Å². The van der Waals surface area contributed by atoms with Gasteiger partial charge in [0.25, 0.3) is 0 Å². The van der Waals surface area contributed by atoms with E-state index in [2.05, 4.69) is 5.32 Å². The number of aliphatic hydroxyl groups excluding tert-OH is 1. The third-order valence-electron chi connectivity index (χ3n) is 4.08. The Hall–Kier alpha value is -1.93. The number of rotatable bonds is 15. The molecule has 0 saturated heterocycles. The Bertz CT molecular complexity index is 432. The molecule has 1 atom stereocenters. The second-order valence-corrected chi connectivity index (χ2v) is 6.04. The SMILES string of the molecule is C/C=C/CCCC(=O)NCC[N+](CCO)(CCC(=O)[O-])CCC(=O)O. The van der Waals surface area contributed by atoms with Crippen molar-refractivity contribution in [3.05, 3.63) is 12.2 Å². The molecule has 0 rings (SSSR count). The highest BCUT2D eigenvalue weighted by atomic mass is 16.4. The molecule has 0 aromatic rings. The lowest BCUT2D eigenvalue weighted by Crippen LogP contribution is -2.55. The average molecular weight is 358 g/mol. The first-order valence-corrected chi connectivity index (χ1v) is 8.60. The third kappa shape index (κ3) is 12.1. The van der Waals surface area contributed by atoms with Gasteiger partial charge in [0.15, 0.2) is 0 Å². The van der Waals surface area contributed by atoms with Gasteiger partial charge in [0, 0.05) is 18.8 Å². The fraction of sp³-hybridized carbons (Fsp3) is 0.706. The summed E-state index contributed by atoms with van der Waals surface area (Å²) >= 11 is 0. The van der Waals surface area contributed by atoms with Crippen molar-refractivity contribution in [1.29, 1.82) is 0 Å². The van der Waals surface area contributed by atoms with E-state index in [1.807, 2.05) is 19.1 Å². The van der Waals surface area contributed by atoms with E-state index in [-0.39, 0.29) is 49.5 Å². The molecule has 3 N–H and O–H groups in total. The number of amides is 1. The Morgan fingerprint density at radius 2 is 1.76 bits per heavy atom. The molecule has 8 heteroatoms. The molecule has 25 heavy (non-hydrogen) atoms. The highest BCUT2D eigenvalue weighted by Gasteiger charge is 2.27. The fourth-order valence-electron chi connectivity index (χ4n) is 2.61. The van der Waals surface area contributed by atoms with Crippen molar-refractivity contribution in [1.82, 2.24) is 5.32 Å². The Labute approximate surface area is 148 Å². The maximum absolute atomic E-state index is 11.8. The fourth-order valence-corrected chi connectivity index (χ4v) is 2.61. The van der Waals surface area contributed by atoms with Crippen LogP contribution in [0.1, 0.15) is 39.0 Å². The molecule has 0 aliphatic rings. The molecule has 0 aliphatic carbocycles. The van der Waals surface area contributed by atoms with Crippen LogP contribution in [-0.4, -0.2) is 71.9 Å². The summed E-state index contributed by atoms with van der Waals surface area (Å²) in [6.45, 7) is 2.98. The molecule has 8 nitrogen and oxygen atoms in total. The lowest BCUT2D eigenvalue weighted by Gasteiger charge is -2.38. The first-order chi connectivity index (χ1) is 11.8. The van der Waals surface area contributed by atoms with Crippen LogP contribution in [0, 0.1) is 0 Å². The summed E-state index contributed by atoms with van der Waals surface area (Å²) in [4.78, 5) is 33.4. The third-order valence-corrected chi connectivity index (χ3v) is 4.08. The van der Waals surface area contributed by atoms with Crippen LogP contribution >= 0.6 is 0 Å². The van der Waals surface area contributed by atoms with Crippen molar-refractivity contribution in [2.45, 2.75) is 39.0 Å². The summed E-state index contributed by atoms with van der Waals surface area (Å²) in [5, 5.41) is 31.7. The molecule has 1 amide bonds. The van der Waals surface area contributed by atoms with Gasteiger partial charge >= 0.3 is 5.97 Å². The largest absolute Gasteiger partial charge is 0.550 e. The number of aliphatic carboxylic acids is 2. The van der Waals surface area contributed by atoms with Gasteiger partial charge in [-0.3, -0.25) is 9.59 Å². The zero-order chi connectivity index (χ0) is 19.1. The molecule has 0 radical (unpaired) electrons. The number of hydrogen-bond donors (Lipinski definition) is 3. The van der Waals surface area contributed by atoms with E-state index < -0.39 is 11.9 Å². The summed E-state index contributed by atoms with van der Waals surface area (Å²) in [5.74, 6) is -2.30. The van der Waals surface area contributed by atoms with Gasteiger partial charge in [0.2, 0.25) is 5.91 Å². The summed E-state index contributed by atoms with van der Waals surface area (Å²) in [5.41, 5.74) is 0. The van der Waals surface area contributed by atoms with E-state index in [4.69, 9.17) is 5.11 Å². The predicted molar refractivity (Wildman–Crippen MR) is 90.4 cm³/mol. The topological polar surface area (TPSA) is 127 Å². The molecular weight excluding hydrogens is 328 g/mol. The van der Waals surface area contributed by atoms with E-state index in [9.17, 15) is 24.6 Å². The lowest BCUT2D eigenvalue weighted by atomic mass is 10.2. The number of hydrogen-bond acceptors (Lipinski definition) is 5. The van der Waals surface area contributed by atoms with Gasteiger partial charge in [-0.05, 0) is 19.8 Å². The van der Waals surface area contributed by atoms with Crippen LogP contribution in [0.5, 0.6) is 0 Å². The number of nitrogens with one attached hydrogen (secondary N) is 1. The molecule has 0 aromatic carbocycles. The molecule has 144 valence electrons. The number of carboxylic acid groups (broad SMARTS) is 2. The summed E-state index contributed by atoms with van der Waals surface area (Å²) < 4.78 is 0.121. The van der Waals surface area contributed by atoms with Crippen molar-refractivity contribution >= 4 is 17.8 Å². The Morgan fingerprint density at radius 3 is 2.32 bits per heavy atom. The van der Waals surface area contributed by atoms with E-state index >= 15 is 0 Å². The maximum Gasteiger partial charge on any atom is 0.309 e. The standard InChI is InChI=1S/C17H30N2O6/c1-2-3-4-5-6-15(21)18-9-12-19(13-14-20,10-7-16(22)23)11-8-17(24)25/h2-3,20H,4-14H2,1H3,(H2-,18,21,22,23,24,25)/b3-2+. The van der Waals surface area contributed by atoms with Crippen molar-refractivity contribution in [2.75, 3.05) is 39.3 Å². The minimum atomic E-state index is -1.22. The quantitative estimate of drug-likeness (QED) is 0.201. The normalized spacial score (nSPS) is 13.5. The van der Waals surface area contributed by atoms with Crippen LogP contribution in [0.3, 0.4) is 0 Å². The van der Waals surface area contributed by atoms with Crippen LogP contribution in [-0.2, 0) is 14.4 Å². The maximum atomic E-state index is 11.8. The molecule has 0 fully saturated rings. The van der Waals surface area contributed by atoms with Crippen LogP contribution in [0.2, 0.25) is 0 Å². The van der Waals surface area contributed by atoms with Crippen molar-refractivity contribution in [3.8, 4) is 0 Å². The second-order valence-electron chi connectivity index (χ2n) is 6.04. The van der Waals surface area contributed by atoms with Gasteiger partial charge in [-0.1, -0.05) is 12.2 Å². The van der Waals surface area contributed by atoms with Crippen molar-refractivity contribution in [2.24, 2.45) is 0 Å². The van der Waals surface area contributed by atoms with Crippen LogP contribution in [0.25, 0.3) is 0 Å². The van der Waals surface area contributed by atoms with E-state index in [0.29, 0.717) is 19.5 Å². The molecular formula is C17H30N2O6. The molecule has 0 spiro atoms. The van der Waals surface area contributed by atoms with E-state index in [0.717, 1.165) is 12.8 Å². The highest BCUT2D eigenvalue weighted by Crippen LogP contribution is 2.10. The second kappa shape index (κ2) is 13.4. The van der Waals surface area contributed by atoms with Gasteiger partial charge in [-0.15, -0.1) is 0 Å². The first-order valence-electron chi connectivity index (χ1n) is 8.60. The number of allylic oxidation sites excluding steroid dienone is 2.